The van der Waals surface area contributed by atoms with E-state index in [0.717, 1.165) is 18.3 Å². The van der Waals surface area contributed by atoms with E-state index in [0.29, 0.717) is 10.8 Å². The smallest absolute Gasteiger partial charge is 0.0599 e. The Morgan fingerprint density at radius 3 is 2.31 bits per heavy atom. The maximum atomic E-state index is 10.0. The molecule has 0 heterocycles. The van der Waals surface area contributed by atoms with Gasteiger partial charge in [-0.2, -0.15) is 0 Å². The third-order valence-electron chi connectivity index (χ3n) is 5.32. The summed E-state index contributed by atoms with van der Waals surface area (Å²) in [5, 5.41) is 10.0. The van der Waals surface area contributed by atoms with Gasteiger partial charge in [0.25, 0.3) is 0 Å². The van der Waals surface area contributed by atoms with E-state index in [-0.39, 0.29) is 6.10 Å². The Morgan fingerprint density at radius 1 is 1.08 bits per heavy atom. The minimum absolute atomic E-state index is 0.00803. The van der Waals surface area contributed by atoms with Gasteiger partial charge in [0.05, 0.1) is 6.10 Å². The van der Waals surface area contributed by atoms with Gasteiger partial charge in [0.15, 0.2) is 0 Å². The van der Waals surface area contributed by atoms with Crippen LogP contribution < -0.4 is 0 Å². The van der Waals surface area contributed by atoms with E-state index in [9.17, 15) is 5.11 Å². The highest BCUT2D eigenvalue weighted by Gasteiger charge is 2.61. The van der Waals surface area contributed by atoms with Gasteiger partial charge in [0, 0.05) is 0 Å². The van der Waals surface area contributed by atoms with Crippen LogP contribution in [0.1, 0.15) is 46.0 Å². The molecule has 74 valence electrons. The van der Waals surface area contributed by atoms with Crippen LogP contribution in [0.2, 0.25) is 0 Å². The van der Waals surface area contributed by atoms with E-state index in [2.05, 4.69) is 13.8 Å². The first kappa shape index (κ1) is 8.28. The fourth-order valence-electron chi connectivity index (χ4n) is 3.39. The van der Waals surface area contributed by atoms with Crippen molar-refractivity contribution < 1.29 is 5.11 Å². The standard InChI is InChI=1S/C12H20O/c1-11(3-4-11)8-5-9-7-12(9,2)10(13)6-8/h8-10,13H,3-7H2,1-2H3. The second-order valence-corrected chi connectivity index (χ2v) is 6.25. The molecular weight excluding hydrogens is 160 g/mol. The first-order chi connectivity index (χ1) is 6.05. The Bertz CT molecular complexity index is 244. The molecule has 13 heavy (non-hydrogen) atoms. The Kier molecular flexibility index (Phi) is 1.36. The number of aliphatic hydroxyl groups is 1. The second kappa shape index (κ2) is 2.13. The number of fused-ring (bicyclic) bond motifs is 1. The summed E-state index contributed by atoms with van der Waals surface area (Å²) in [4.78, 5) is 0. The number of aliphatic hydroxyl groups excluding tert-OH is 1. The van der Waals surface area contributed by atoms with Crippen LogP contribution in [-0.4, -0.2) is 11.2 Å². The first-order valence-electron chi connectivity index (χ1n) is 5.73. The summed E-state index contributed by atoms with van der Waals surface area (Å²) in [6.45, 7) is 4.68. The maximum Gasteiger partial charge on any atom is 0.0599 e. The van der Waals surface area contributed by atoms with Gasteiger partial charge in [-0.05, 0) is 54.8 Å². The molecule has 4 atom stereocenters. The number of hydrogen-bond acceptors (Lipinski definition) is 1. The topological polar surface area (TPSA) is 20.2 Å². The van der Waals surface area contributed by atoms with E-state index in [1.807, 2.05) is 0 Å². The highest BCUT2D eigenvalue weighted by Crippen LogP contribution is 2.67. The summed E-state index contributed by atoms with van der Waals surface area (Å²) < 4.78 is 0. The molecule has 0 amide bonds. The SMILES string of the molecule is CC1(C2CC(O)C3(C)CC3C2)CC1. The predicted octanol–water partition coefficient (Wildman–Crippen LogP) is 2.58. The lowest BCUT2D eigenvalue weighted by Crippen LogP contribution is -2.32. The molecule has 3 fully saturated rings. The van der Waals surface area contributed by atoms with Crippen LogP contribution in [0, 0.1) is 22.7 Å². The van der Waals surface area contributed by atoms with Crippen molar-refractivity contribution in [2.45, 2.75) is 52.1 Å². The zero-order valence-electron chi connectivity index (χ0n) is 8.71. The molecule has 3 rings (SSSR count). The van der Waals surface area contributed by atoms with Crippen LogP contribution in [-0.2, 0) is 0 Å². The van der Waals surface area contributed by atoms with Crippen molar-refractivity contribution in [2.75, 3.05) is 0 Å². The highest BCUT2D eigenvalue weighted by atomic mass is 16.3. The molecule has 3 saturated carbocycles. The average molecular weight is 180 g/mol. The molecule has 0 spiro atoms. The molecule has 0 aromatic carbocycles. The molecule has 0 aliphatic heterocycles. The van der Waals surface area contributed by atoms with Crippen molar-refractivity contribution in [3.8, 4) is 0 Å². The molecule has 1 N–H and O–H groups in total. The summed E-state index contributed by atoms with van der Waals surface area (Å²) in [5.74, 6) is 1.70. The lowest BCUT2D eigenvalue weighted by Gasteiger charge is -2.34. The van der Waals surface area contributed by atoms with Crippen molar-refractivity contribution in [3.63, 3.8) is 0 Å². The summed E-state index contributed by atoms with van der Waals surface area (Å²) in [6, 6.07) is 0. The Hall–Kier alpha value is -0.0400. The molecule has 4 unspecified atom stereocenters. The van der Waals surface area contributed by atoms with Gasteiger partial charge < -0.3 is 5.11 Å². The molecule has 0 radical (unpaired) electrons. The molecule has 3 aliphatic carbocycles. The monoisotopic (exact) mass is 180 g/mol. The molecule has 0 aromatic heterocycles. The molecular formula is C12H20O. The summed E-state index contributed by atoms with van der Waals surface area (Å²) in [7, 11) is 0. The minimum Gasteiger partial charge on any atom is -0.393 e. The quantitative estimate of drug-likeness (QED) is 0.657. The van der Waals surface area contributed by atoms with Crippen LogP contribution in [0.15, 0.2) is 0 Å². The van der Waals surface area contributed by atoms with Gasteiger partial charge >= 0.3 is 0 Å². The predicted molar refractivity (Wildman–Crippen MR) is 52.3 cm³/mol. The van der Waals surface area contributed by atoms with Crippen LogP contribution in [0.3, 0.4) is 0 Å². The normalized spacial score (nSPS) is 57.0. The van der Waals surface area contributed by atoms with Gasteiger partial charge in [0.2, 0.25) is 0 Å². The minimum atomic E-state index is 0.00803. The average Bonchev–Trinajstić information content (AvgIpc) is 2.90. The van der Waals surface area contributed by atoms with Crippen LogP contribution in [0.5, 0.6) is 0 Å². The Labute approximate surface area is 80.5 Å². The fraction of sp³-hybridized carbons (Fsp3) is 1.00. The van der Waals surface area contributed by atoms with Crippen LogP contribution >= 0.6 is 0 Å². The first-order valence-corrected chi connectivity index (χ1v) is 5.73. The van der Waals surface area contributed by atoms with E-state index >= 15 is 0 Å². The van der Waals surface area contributed by atoms with Crippen molar-refractivity contribution in [3.05, 3.63) is 0 Å². The van der Waals surface area contributed by atoms with Gasteiger partial charge in [-0.1, -0.05) is 13.8 Å². The van der Waals surface area contributed by atoms with E-state index < -0.39 is 0 Å². The lowest BCUT2D eigenvalue weighted by atomic mass is 9.74. The molecule has 0 bridgehead atoms. The third-order valence-corrected chi connectivity index (χ3v) is 5.32. The van der Waals surface area contributed by atoms with Crippen molar-refractivity contribution in [1.82, 2.24) is 0 Å². The zero-order valence-corrected chi connectivity index (χ0v) is 8.71. The van der Waals surface area contributed by atoms with E-state index in [1.54, 1.807) is 0 Å². The maximum absolute atomic E-state index is 10.0. The molecule has 0 saturated heterocycles. The molecule has 0 aromatic rings. The molecule has 3 aliphatic rings. The van der Waals surface area contributed by atoms with Crippen molar-refractivity contribution in [2.24, 2.45) is 22.7 Å². The van der Waals surface area contributed by atoms with Crippen LogP contribution in [0.25, 0.3) is 0 Å². The van der Waals surface area contributed by atoms with E-state index in [1.165, 1.54) is 25.7 Å². The zero-order chi connectivity index (χ0) is 9.27. The third kappa shape index (κ3) is 1.03. The summed E-state index contributed by atoms with van der Waals surface area (Å²) in [5.41, 5.74) is 0.965. The summed E-state index contributed by atoms with van der Waals surface area (Å²) >= 11 is 0. The Morgan fingerprint density at radius 2 is 1.77 bits per heavy atom. The van der Waals surface area contributed by atoms with Gasteiger partial charge in [0.1, 0.15) is 0 Å². The van der Waals surface area contributed by atoms with Gasteiger partial charge in [-0.3, -0.25) is 0 Å². The van der Waals surface area contributed by atoms with Crippen LogP contribution in [0.4, 0.5) is 0 Å². The largest absolute Gasteiger partial charge is 0.393 e. The fourth-order valence-corrected chi connectivity index (χ4v) is 3.39. The van der Waals surface area contributed by atoms with E-state index in [4.69, 9.17) is 0 Å². The van der Waals surface area contributed by atoms with Crippen molar-refractivity contribution >= 4 is 0 Å². The van der Waals surface area contributed by atoms with Gasteiger partial charge in [-0.25, -0.2) is 0 Å². The number of rotatable bonds is 1. The Balaban J connectivity index is 1.75. The second-order valence-electron chi connectivity index (χ2n) is 6.25. The molecule has 1 heteroatoms. The van der Waals surface area contributed by atoms with Crippen molar-refractivity contribution in [1.29, 1.82) is 0 Å². The number of hydrogen-bond donors (Lipinski definition) is 1. The summed E-state index contributed by atoms with van der Waals surface area (Å²) in [6.07, 6.45) is 6.62. The van der Waals surface area contributed by atoms with Gasteiger partial charge in [-0.15, -0.1) is 0 Å². The lowest BCUT2D eigenvalue weighted by molar-refractivity contribution is 0.0239. The highest BCUT2D eigenvalue weighted by molar-refractivity contribution is 5.11. The molecule has 1 nitrogen and oxygen atoms in total.